The van der Waals surface area contributed by atoms with Crippen LogP contribution in [0.1, 0.15) is 17.2 Å². The van der Waals surface area contributed by atoms with Crippen molar-refractivity contribution in [1.82, 2.24) is 4.90 Å². The number of anilines is 1. The standard InChI is InChI=1S/C18H24N2O2/c1-22-18(16-8-5-9-17(19)12-16)14-20(10-11-21)13-15-6-3-2-4-7-15/h2-9,12,18,21H,10-11,13-14,19H2,1H3/t18-/m0/s1. The van der Waals surface area contributed by atoms with Gasteiger partial charge in [0.1, 0.15) is 0 Å². The highest BCUT2D eigenvalue weighted by Crippen LogP contribution is 2.21. The van der Waals surface area contributed by atoms with Gasteiger partial charge in [-0.25, -0.2) is 0 Å². The van der Waals surface area contributed by atoms with Crippen LogP contribution in [0.4, 0.5) is 5.69 Å². The van der Waals surface area contributed by atoms with Crippen molar-refractivity contribution in [2.24, 2.45) is 0 Å². The SMILES string of the molecule is CO[C@@H](CN(CCO)Cc1ccccc1)c1cccc(N)c1. The Labute approximate surface area is 132 Å². The second kappa shape index (κ2) is 8.54. The number of rotatable bonds is 8. The summed E-state index contributed by atoms with van der Waals surface area (Å²) in [7, 11) is 1.70. The van der Waals surface area contributed by atoms with Crippen LogP contribution in [0.2, 0.25) is 0 Å². The van der Waals surface area contributed by atoms with Crippen molar-refractivity contribution >= 4 is 5.69 Å². The van der Waals surface area contributed by atoms with Crippen molar-refractivity contribution in [2.75, 3.05) is 32.5 Å². The Morgan fingerprint density at radius 2 is 1.91 bits per heavy atom. The number of nitrogens with two attached hydrogens (primary N) is 1. The lowest BCUT2D eigenvalue weighted by Crippen LogP contribution is -2.31. The molecule has 0 aliphatic carbocycles. The molecule has 1 atom stereocenters. The molecule has 4 heteroatoms. The minimum Gasteiger partial charge on any atom is -0.399 e. The topological polar surface area (TPSA) is 58.7 Å². The third kappa shape index (κ3) is 4.84. The van der Waals surface area contributed by atoms with Crippen LogP contribution in [0.5, 0.6) is 0 Å². The van der Waals surface area contributed by atoms with Crippen molar-refractivity contribution in [3.05, 3.63) is 65.7 Å². The lowest BCUT2D eigenvalue weighted by molar-refractivity contribution is 0.0544. The average molecular weight is 300 g/mol. The molecule has 0 bridgehead atoms. The van der Waals surface area contributed by atoms with E-state index >= 15 is 0 Å². The molecule has 118 valence electrons. The molecule has 0 unspecified atom stereocenters. The van der Waals surface area contributed by atoms with E-state index in [1.165, 1.54) is 5.56 Å². The van der Waals surface area contributed by atoms with Gasteiger partial charge in [-0.05, 0) is 23.3 Å². The van der Waals surface area contributed by atoms with E-state index in [0.29, 0.717) is 13.1 Å². The smallest absolute Gasteiger partial charge is 0.0948 e. The van der Waals surface area contributed by atoms with Gasteiger partial charge < -0.3 is 15.6 Å². The summed E-state index contributed by atoms with van der Waals surface area (Å²) in [5, 5.41) is 9.31. The minimum atomic E-state index is -0.0706. The monoisotopic (exact) mass is 300 g/mol. The molecule has 0 spiro atoms. The fourth-order valence-electron chi connectivity index (χ4n) is 2.53. The summed E-state index contributed by atoms with van der Waals surface area (Å²) >= 11 is 0. The summed E-state index contributed by atoms with van der Waals surface area (Å²) in [5.41, 5.74) is 8.86. The van der Waals surface area contributed by atoms with Gasteiger partial charge in [-0.3, -0.25) is 4.90 Å². The summed E-state index contributed by atoms with van der Waals surface area (Å²) < 4.78 is 5.63. The van der Waals surface area contributed by atoms with Gasteiger partial charge in [0, 0.05) is 32.4 Å². The molecule has 0 fully saturated rings. The van der Waals surface area contributed by atoms with E-state index in [-0.39, 0.29) is 12.7 Å². The zero-order chi connectivity index (χ0) is 15.8. The molecule has 4 nitrogen and oxygen atoms in total. The van der Waals surface area contributed by atoms with E-state index in [4.69, 9.17) is 10.5 Å². The van der Waals surface area contributed by atoms with Gasteiger partial charge in [-0.1, -0.05) is 42.5 Å². The largest absolute Gasteiger partial charge is 0.399 e. The van der Waals surface area contributed by atoms with Crippen LogP contribution in [0, 0.1) is 0 Å². The molecule has 0 amide bonds. The van der Waals surface area contributed by atoms with Crippen LogP contribution in [0.3, 0.4) is 0 Å². The molecule has 0 aliphatic rings. The lowest BCUT2D eigenvalue weighted by atomic mass is 10.1. The Morgan fingerprint density at radius 3 is 2.55 bits per heavy atom. The number of aliphatic hydroxyl groups is 1. The molecule has 2 aromatic carbocycles. The number of nitrogens with zero attached hydrogens (tertiary/aromatic N) is 1. The maximum absolute atomic E-state index is 9.31. The first-order valence-corrected chi connectivity index (χ1v) is 7.48. The highest BCUT2D eigenvalue weighted by atomic mass is 16.5. The van der Waals surface area contributed by atoms with E-state index in [0.717, 1.165) is 17.8 Å². The molecule has 3 N–H and O–H groups in total. The summed E-state index contributed by atoms with van der Waals surface area (Å²) in [6, 6.07) is 18.0. The third-order valence-electron chi connectivity index (χ3n) is 3.66. The Balaban J connectivity index is 2.07. The van der Waals surface area contributed by atoms with Crippen LogP contribution in [0.25, 0.3) is 0 Å². The minimum absolute atomic E-state index is 0.0706. The van der Waals surface area contributed by atoms with Crippen LogP contribution in [-0.4, -0.2) is 36.8 Å². The molecular weight excluding hydrogens is 276 g/mol. The van der Waals surface area contributed by atoms with E-state index in [9.17, 15) is 5.11 Å². The quantitative estimate of drug-likeness (QED) is 0.735. The number of ether oxygens (including phenoxy) is 1. The lowest BCUT2D eigenvalue weighted by Gasteiger charge is -2.26. The first kappa shape index (κ1) is 16.5. The third-order valence-corrected chi connectivity index (χ3v) is 3.66. The molecule has 0 aliphatic heterocycles. The molecule has 0 aromatic heterocycles. The summed E-state index contributed by atoms with van der Waals surface area (Å²) in [5.74, 6) is 0. The van der Waals surface area contributed by atoms with Crippen molar-refractivity contribution in [3.63, 3.8) is 0 Å². The van der Waals surface area contributed by atoms with Gasteiger partial charge in [0.15, 0.2) is 0 Å². The summed E-state index contributed by atoms with van der Waals surface area (Å²) in [6.07, 6.45) is -0.0706. The Bertz CT molecular complexity index is 560. The number of hydrogen-bond donors (Lipinski definition) is 2. The highest BCUT2D eigenvalue weighted by molar-refractivity contribution is 5.41. The van der Waals surface area contributed by atoms with E-state index in [2.05, 4.69) is 17.0 Å². The number of aliphatic hydroxyl groups excluding tert-OH is 1. The molecule has 0 saturated carbocycles. The Hall–Kier alpha value is -1.88. The molecule has 2 aromatic rings. The van der Waals surface area contributed by atoms with Crippen molar-refractivity contribution in [2.45, 2.75) is 12.6 Å². The van der Waals surface area contributed by atoms with Crippen molar-refractivity contribution in [3.8, 4) is 0 Å². The van der Waals surface area contributed by atoms with Gasteiger partial charge in [-0.15, -0.1) is 0 Å². The predicted molar refractivity (Wildman–Crippen MR) is 89.4 cm³/mol. The van der Waals surface area contributed by atoms with Gasteiger partial charge in [-0.2, -0.15) is 0 Å². The molecule has 2 rings (SSSR count). The zero-order valence-corrected chi connectivity index (χ0v) is 13.0. The average Bonchev–Trinajstić information content (AvgIpc) is 2.53. The van der Waals surface area contributed by atoms with E-state index in [1.807, 2.05) is 42.5 Å². The van der Waals surface area contributed by atoms with Gasteiger partial charge in [0.05, 0.1) is 12.7 Å². The maximum Gasteiger partial charge on any atom is 0.0948 e. The van der Waals surface area contributed by atoms with Crippen LogP contribution in [0.15, 0.2) is 54.6 Å². The molecule has 22 heavy (non-hydrogen) atoms. The first-order valence-electron chi connectivity index (χ1n) is 7.48. The first-order chi connectivity index (χ1) is 10.7. The van der Waals surface area contributed by atoms with Crippen molar-refractivity contribution < 1.29 is 9.84 Å². The van der Waals surface area contributed by atoms with Gasteiger partial charge in [0.25, 0.3) is 0 Å². The van der Waals surface area contributed by atoms with Gasteiger partial charge in [0.2, 0.25) is 0 Å². The molecule has 0 radical (unpaired) electrons. The summed E-state index contributed by atoms with van der Waals surface area (Å²) in [4.78, 5) is 2.19. The second-order valence-electron chi connectivity index (χ2n) is 5.34. The molecule has 0 saturated heterocycles. The van der Waals surface area contributed by atoms with Gasteiger partial charge >= 0.3 is 0 Å². The van der Waals surface area contributed by atoms with Crippen LogP contribution >= 0.6 is 0 Å². The van der Waals surface area contributed by atoms with Crippen LogP contribution in [-0.2, 0) is 11.3 Å². The van der Waals surface area contributed by atoms with E-state index in [1.54, 1.807) is 7.11 Å². The molecule has 0 heterocycles. The highest BCUT2D eigenvalue weighted by Gasteiger charge is 2.16. The fourth-order valence-corrected chi connectivity index (χ4v) is 2.53. The predicted octanol–water partition coefficient (Wildman–Crippen LogP) is 2.45. The normalized spacial score (nSPS) is 12.5. The van der Waals surface area contributed by atoms with Crippen molar-refractivity contribution in [1.29, 1.82) is 0 Å². The number of hydrogen-bond acceptors (Lipinski definition) is 4. The Morgan fingerprint density at radius 1 is 1.14 bits per heavy atom. The van der Waals surface area contributed by atoms with E-state index < -0.39 is 0 Å². The maximum atomic E-state index is 9.31. The number of methoxy groups -OCH3 is 1. The number of benzene rings is 2. The fraction of sp³-hybridized carbons (Fsp3) is 0.333. The summed E-state index contributed by atoms with van der Waals surface area (Å²) in [6.45, 7) is 2.22. The number of nitrogen functional groups attached to an aromatic ring is 1. The Kier molecular flexibility index (Phi) is 6.40. The zero-order valence-electron chi connectivity index (χ0n) is 13.0. The molecular formula is C18H24N2O2. The van der Waals surface area contributed by atoms with Crippen LogP contribution < -0.4 is 5.73 Å². The second-order valence-corrected chi connectivity index (χ2v) is 5.34.